The van der Waals surface area contributed by atoms with Gasteiger partial charge < -0.3 is 9.64 Å². The molecule has 2 aromatic rings. The van der Waals surface area contributed by atoms with Crippen LogP contribution in [0.1, 0.15) is 28.1 Å². The van der Waals surface area contributed by atoms with Gasteiger partial charge in [0.25, 0.3) is 5.91 Å². The van der Waals surface area contributed by atoms with Crippen molar-refractivity contribution in [3.8, 4) is 0 Å². The topological polar surface area (TPSA) is 29.5 Å². The Morgan fingerprint density at radius 3 is 2.96 bits per heavy atom. The first-order valence-corrected chi connectivity index (χ1v) is 8.77. The predicted molar refractivity (Wildman–Crippen MR) is 89.4 cm³/mol. The smallest absolute Gasteiger partial charge is 0.257 e. The van der Waals surface area contributed by atoms with E-state index in [9.17, 15) is 9.18 Å². The summed E-state index contributed by atoms with van der Waals surface area (Å²) in [7, 11) is 0. The van der Waals surface area contributed by atoms with Crippen LogP contribution in [0.15, 0.2) is 35.7 Å². The molecule has 3 nitrogen and oxygen atoms in total. The van der Waals surface area contributed by atoms with Gasteiger partial charge in [-0.25, -0.2) is 4.39 Å². The molecule has 1 atom stereocenters. The molecule has 1 aromatic carbocycles. The number of halogens is 2. The molecular weight excluding hydrogens is 337 g/mol. The highest BCUT2D eigenvalue weighted by molar-refractivity contribution is 7.09. The van der Waals surface area contributed by atoms with Crippen LogP contribution in [-0.4, -0.2) is 30.1 Å². The van der Waals surface area contributed by atoms with E-state index in [0.717, 1.165) is 24.3 Å². The fourth-order valence-electron chi connectivity index (χ4n) is 2.68. The Morgan fingerprint density at radius 1 is 1.43 bits per heavy atom. The van der Waals surface area contributed by atoms with Crippen molar-refractivity contribution in [3.05, 3.63) is 57.0 Å². The summed E-state index contributed by atoms with van der Waals surface area (Å²) in [5.41, 5.74) is 0.0453. The average Bonchev–Trinajstić information content (AvgIpc) is 3.19. The highest BCUT2D eigenvalue weighted by Gasteiger charge is 2.25. The predicted octanol–water partition coefficient (Wildman–Crippen LogP) is 4.36. The Labute approximate surface area is 143 Å². The summed E-state index contributed by atoms with van der Waals surface area (Å²) in [6.07, 6.45) is 1.95. The molecule has 1 unspecified atom stereocenters. The van der Waals surface area contributed by atoms with E-state index in [1.807, 2.05) is 17.5 Å². The molecule has 2 heterocycles. The van der Waals surface area contributed by atoms with Crippen molar-refractivity contribution >= 4 is 28.8 Å². The molecule has 23 heavy (non-hydrogen) atoms. The quantitative estimate of drug-likeness (QED) is 0.799. The summed E-state index contributed by atoms with van der Waals surface area (Å²) >= 11 is 7.35. The fourth-order valence-corrected chi connectivity index (χ4v) is 3.56. The molecule has 0 bridgehead atoms. The Kier molecular flexibility index (Phi) is 5.30. The molecule has 1 aromatic heterocycles. The van der Waals surface area contributed by atoms with Gasteiger partial charge in [0.2, 0.25) is 0 Å². The lowest BCUT2D eigenvalue weighted by Crippen LogP contribution is -2.37. The van der Waals surface area contributed by atoms with E-state index in [1.54, 1.807) is 16.2 Å². The van der Waals surface area contributed by atoms with Crippen LogP contribution in [0.3, 0.4) is 0 Å². The Balaban J connectivity index is 1.81. The van der Waals surface area contributed by atoms with Gasteiger partial charge in [-0.1, -0.05) is 17.7 Å². The van der Waals surface area contributed by atoms with Crippen LogP contribution in [0, 0.1) is 5.82 Å². The van der Waals surface area contributed by atoms with E-state index in [4.69, 9.17) is 16.3 Å². The highest BCUT2D eigenvalue weighted by Crippen LogP contribution is 2.21. The lowest BCUT2D eigenvalue weighted by atomic mass is 10.1. The van der Waals surface area contributed by atoms with Crippen LogP contribution in [0.5, 0.6) is 0 Å². The van der Waals surface area contributed by atoms with Crippen LogP contribution < -0.4 is 0 Å². The number of hydrogen-bond donors (Lipinski definition) is 0. The number of ether oxygens (including phenoxy) is 1. The highest BCUT2D eigenvalue weighted by atomic mass is 35.5. The molecule has 3 rings (SSSR count). The maximum Gasteiger partial charge on any atom is 0.257 e. The van der Waals surface area contributed by atoms with Gasteiger partial charge in [0.15, 0.2) is 0 Å². The van der Waals surface area contributed by atoms with Crippen LogP contribution >= 0.6 is 22.9 Å². The molecule has 6 heteroatoms. The van der Waals surface area contributed by atoms with Crippen molar-refractivity contribution in [2.75, 3.05) is 13.2 Å². The third kappa shape index (κ3) is 4.10. The minimum Gasteiger partial charge on any atom is -0.376 e. The second-order valence-corrected chi connectivity index (χ2v) is 6.99. The maximum atomic E-state index is 14.1. The molecule has 122 valence electrons. The molecule has 0 aliphatic carbocycles. The Hall–Kier alpha value is -1.43. The van der Waals surface area contributed by atoms with E-state index in [2.05, 4.69) is 0 Å². The molecule has 1 aliphatic heterocycles. The summed E-state index contributed by atoms with van der Waals surface area (Å²) < 4.78 is 19.7. The molecule has 1 amide bonds. The largest absolute Gasteiger partial charge is 0.376 e. The van der Waals surface area contributed by atoms with E-state index < -0.39 is 5.82 Å². The first-order chi connectivity index (χ1) is 11.1. The van der Waals surface area contributed by atoms with Gasteiger partial charge in [-0.15, -0.1) is 11.3 Å². The van der Waals surface area contributed by atoms with Gasteiger partial charge in [0, 0.05) is 23.1 Å². The summed E-state index contributed by atoms with van der Waals surface area (Å²) in [4.78, 5) is 15.5. The number of nitrogens with zero attached hydrogens (tertiary/aromatic N) is 1. The van der Waals surface area contributed by atoms with E-state index >= 15 is 0 Å². The number of amides is 1. The van der Waals surface area contributed by atoms with Gasteiger partial charge in [-0.3, -0.25) is 4.79 Å². The average molecular weight is 354 g/mol. The normalized spacial score (nSPS) is 17.4. The number of thiophene rings is 1. The SMILES string of the molecule is O=C(c1ccc(Cl)cc1F)N(Cc1cccs1)CC1CCCO1. The number of carbonyl (C=O) groups is 1. The fraction of sp³-hybridized carbons (Fsp3) is 0.353. The zero-order valence-corrected chi connectivity index (χ0v) is 14.1. The van der Waals surface area contributed by atoms with Crippen LogP contribution in [0.2, 0.25) is 5.02 Å². The van der Waals surface area contributed by atoms with Gasteiger partial charge >= 0.3 is 0 Å². The van der Waals surface area contributed by atoms with Gasteiger partial charge in [0.1, 0.15) is 5.82 Å². The van der Waals surface area contributed by atoms with Crippen molar-refractivity contribution in [1.82, 2.24) is 4.90 Å². The first kappa shape index (κ1) is 16.4. The summed E-state index contributed by atoms with van der Waals surface area (Å²) in [6.45, 7) is 1.65. The van der Waals surface area contributed by atoms with Gasteiger partial charge in [-0.2, -0.15) is 0 Å². The third-order valence-electron chi connectivity index (χ3n) is 3.82. The molecular formula is C17H17ClFNO2S. The lowest BCUT2D eigenvalue weighted by Gasteiger charge is -2.25. The zero-order chi connectivity index (χ0) is 16.2. The van der Waals surface area contributed by atoms with Gasteiger partial charge in [-0.05, 0) is 42.5 Å². The molecule has 0 radical (unpaired) electrons. The van der Waals surface area contributed by atoms with E-state index in [0.29, 0.717) is 13.1 Å². The van der Waals surface area contributed by atoms with Crippen molar-refractivity contribution in [1.29, 1.82) is 0 Å². The zero-order valence-electron chi connectivity index (χ0n) is 12.5. The van der Waals surface area contributed by atoms with E-state index in [1.165, 1.54) is 18.2 Å². The summed E-state index contributed by atoms with van der Waals surface area (Å²) in [5, 5.41) is 2.25. The first-order valence-electron chi connectivity index (χ1n) is 7.52. The number of carbonyl (C=O) groups excluding carboxylic acids is 1. The molecule has 1 aliphatic rings. The molecule has 0 spiro atoms. The standard InChI is InChI=1S/C17H17ClFNO2S/c18-12-5-6-15(16(19)9-12)17(21)20(10-13-3-1-7-22-13)11-14-4-2-8-23-14/h2,4-6,8-9,13H,1,3,7,10-11H2. The van der Waals surface area contributed by atoms with Crippen LogP contribution in [0.4, 0.5) is 4.39 Å². The third-order valence-corrected chi connectivity index (χ3v) is 4.92. The molecule has 0 saturated carbocycles. The number of rotatable bonds is 5. The second kappa shape index (κ2) is 7.43. The molecule has 1 saturated heterocycles. The van der Waals surface area contributed by atoms with E-state index in [-0.39, 0.29) is 22.6 Å². The Bertz CT molecular complexity index is 671. The minimum absolute atomic E-state index is 0.0225. The monoisotopic (exact) mass is 353 g/mol. The van der Waals surface area contributed by atoms with Crippen molar-refractivity contribution < 1.29 is 13.9 Å². The van der Waals surface area contributed by atoms with Crippen molar-refractivity contribution in [3.63, 3.8) is 0 Å². The summed E-state index contributed by atoms with van der Waals surface area (Å²) in [5.74, 6) is -0.922. The molecule has 1 fully saturated rings. The van der Waals surface area contributed by atoms with Crippen molar-refractivity contribution in [2.45, 2.75) is 25.5 Å². The van der Waals surface area contributed by atoms with Crippen molar-refractivity contribution in [2.24, 2.45) is 0 Å². The Morgan fingerprint density at radius 2 is 2.30 bits per heavy atom. The van der Waals surface area contributed by atoms with Gasteiger partial charge in [0.05, 0.1) is 18.2 Å². The number of benzene rings is 1. The summed E-state index contributed by atoms with van der Waals surface area (Å²) in [6, 6.07) is 8.06. The van der Waals surface area contributed by atoms with Crippen LogP contribution in [0.25, 0.3) is 0 Å². The number of hydrogen-bond acceptors (Lipinski definition) is 3. The maximum absolute atomic E-state index is 14.1. The minimum atomic E-state index is -0.592. The second-order valence-electron chi connectivity index (χ2n) is 5.52. The lowest BCUT2D eigenvalue weighted by molar-refractivity contribution is 0.0506. The van der Waals surface area contributed by atoms with Crippen LogP contribution in [-0.2, 0) is 11.3 Å². The molecule has 0 N–H and O–H groups in total.